The van der Waals surface area contributed by atoms with Gasteiger partial charge in [0.25, 0.3) is 0 Å². The zero-order valence-corrected chi connectivity index (χ0v) is 12.1. The summed E-state index contributed by atoms with van der Waals surface area (Å²) in [6.07, 6.45) is 1.24. The second kappa shape index (κ2) is 7.36. The van der Waals surface area contributed by atoms with Gasteiger partial charge in [0.15, 0.2) is 0 Å². The Hall–Kier alpha value is -1.26. The third kappa shape index (κ3) is 4.11. The number of piperazine rings is 1. The molecule has 0 amide bonds. The molecule has 1 N–H and O–H groups in total. The van der Waals surface area contributed by atoms with Crippen LogP contribution in [0.15, 0.2) is 24.3 Å². The molecule has 0 unspecified atom stereocenters. The zero-order valence-electron chi connectivity index (χ0n) is 12.1. The van der Waals surface area contributed by atoms with Crippen molar-refractivity contribution < 1.29 is 4.74 Å². The number of rotatable bonds is 6. The van der Waals surface area contributed by atoms with Crippen LogP contribution in [0.25, 0.3) is 0 Å². The molecule has 1 saturated heterocycles. The lowest BCUT2D eigenvalue weighted by Gasteiger charge is -2.36. The van der Waals surface area contributed by atoms with Gasteiger partial charge in [-0.05, 0) is 50.8 Å². The number of nitrogens with one attached hydrogen (secondary N) is 1. The van der Waals surface area contributed by atoms with Gasteiger partial charge in [-0.2, -0.15) is 0 Å². The quantitative estimate of drug-likeness (QED) is 0.786. The highest BCUT2D eigenvalue weighted by Gasteiger charge is 2.16. The summed E-state index contributed by atoms with van der Waals surface area (Å²) in [5.74, 6) is 0.925. The van der Waals surface area contributed by atoms with Crippen molar-refractivity contribution in [1.82, 2.24) is 10.2 Å². The highest BCUT2D eigenvalue weighted by Crippen LogP contribution is 2.20. The largest absolute Gasteiger partial charge is 0.497 e. The molecule has 4 heteroatoms. The van der Waals surface area contributed by atoms with E-state index in [2.05, 4.69) is 27.2 Å². The Balaban J connectivity index is 1.78. The molecule has 0 radical (unpaired) electrons. The average Bonchev–Trinajstić information content (AvgIpc) is 2.48. The van der Waals surface area contributed by atoms with Crippen LogP contribution in [0.1, 0.15) is 6.42 Å². The summed E-state index contributed by atoms with van der Waals surface area (Å²) in [5.41, 5.74) is 1.30. The third-order valence-electron chi connectivity index (χ3n) is 3.71. The van der Waals surface area contributed by atoms with Crippen molar-refractivity contribution in [3.8, 4) is 5.75 Å². The van der Waals surface area contributed by atoms with Gasteiger partial charge in [-0.1, -0.05) is 0 Å². The van der Waals surface area contributed by atoms with Crippen LogP contribution < -0.4 is 15.0 Å². The third-order valence-corrected chi connectivity index (χ3v) is 3.71. The summed E-state index contributed by atoms with van der Waals surface area (Å²) < 4.78 is 5.20. The Morgan fingerprint density at radius 3 is 2.37 bits per heavy atom. The second-order valence-electron chi connectivity index (χ2n) is 4.98. The molecule has 1 aliphatic heterocycles. The van der Waals surface area contributed by atoms with E-state index in [1.165, 1.54) is 18.7 Å². The van der Waals surface area contributed by atoms with E-state index >= 15 is 0 Å². The Morgan fingerprint density at radius 2 is 1.79 bits per heavy atom. The maximum atomic E-state index is 5.20. The van der Waals surface area contributed by atoms with E-state index in [1.807, 2.05) is 19.2 Å². The first-order valence-corrected chi connectivity index (χ1v) is 7.09. The normalized spacial score (nSPS) is 16.6. The van der Waals surface area contributed by atoms with Crippen molar-refractivity contribution in [3.05, 3.63) is 24.3 Å². The van der Waals surface area contributed by atoms with Gasteiger partial charge in [-0.3, -0.25) is 4.90 Å². The Kier molecular flexibility index (Phi) is 5.48. The Labute approximate surface area is 116 Å². The van der Waals surface area contributed by atoms with E-state index in [0.717, 1.165) is 38.5 Å². The lowest BCUT2D eigenvalue weighted by atomic mass is 10.2. The summed E-state index contributed by atoms with van der Waals surface area (Å²) in [6, 6.07) is 8.37. The van der Waals surface area contributed by atoms with E-state index < -0.39 is 0 Å². The molecule has 2 rings (SSSR count). The van der Waals surface area contributed by atoms with Gasteiger partial charge >= 0.3 is 0 Å². The molecule has 4 nitrogen and oxygen atoms in total. The monoisotopic (exact) mass is 263 g/mol. The van der Waals surface area contributed by atoms with Crippen LogP contribution in [-0.4, -0.2) is 58.3 Å². The van der Waals surface area contributed by atoms with E-state index in [9.17, 15) is 0 Å². The molecule has 0 saturated carbocycles. The summed E-state index contributed by atoms with van der Waals surface area (Å²) in [7, 11) is 3.72. The van der Waals surface area contributed by atoms with Crippen LogP contribution in [0, 0.1) is 0 Å². The molecule has 0 atom stereocenters. The van der Waals surface area contributed by atoms with Gasteiger partial charge in [0.2, 0.25) is 0 Å². The van der Waals surface area contributed by atoms with E-state index in [-0.39, 0.29) is 0 Å². The molecule has 1 fully saturated rings. The van der Waals surface area contributed by atoms with Gasteiger partial charge in [0, 0.05) is 31.9 Å². The van der Waals surface area contributed by atoms with Crippen molar-refractivity contribution in [1.29, 1.82) is 0 Å². The number of ether oxygens (including phenoxy) is 1. The lowest BCUT2D eigenvalue weighted by Crippen LogP contribution is -2.46. The fourth-order valence-electron chi connectivity index (χ4n) is 2.50. The molecule has 106 valence electrons. The van der Waals surface area contributed by atoms with Gasteiger partial charge in [0.1, 0.15) is 5.75 Å². The lowest BCUT2D eigenvalue weighted by molar-refractivity contribution is 0.254. The highest BCUT2D eigenvalue weighted by molar-refractivity contribution is 5.49. The first-order chi connectivity index (χ1) is 9.33. The van der Waals surface area contributed by atoms with Crippen LogP contribution >= 0.6 is 0 Å². The fraction of sp³-hybridized carbons (Fsp3) is 0.600. The molecule has 1 heterocycles. The van der Waals surface area contributed by atoms with Crippen LogP contribution in [0.2, 0.25) is 0 Å². The SMILES string of the molecule is CNCCCN1CCN(c2ccc(OC)cc2)CC1. The molecule has 0 aliphatic carbocycles. The predicted octanol–water partition coefficient (Wildman–Crippen LogP) is 1.43. The first-order valence-electron chi connectivity index (χ1n) is 7.09. The number of anilines is 1. The molecule has 0 bridgehead atoms. The maximum Gasteiger partial charge on any atom is 0.119 e. The van der Waals surface area contributed by atoms with Crippen molar-refractivity contribution in [3.63, 3.8) is 0 Å². The minimum Gasteiger partial charge on any atom is -0.497 e. The maximum absolute atomic E-state index is 5.20. The predicted molar refractivity (Wildman–Crippen MR) is 80.2 cm³/mol. The van der Waals surface area contributed by atoms with E-state index in [0.29, 0.717) is 0 Å². The standard InChI is InChI=1S/C15H25N3O/c1-16-8-3-9-17-10-12-18(13-11-17)14-4-6-15(19-2)7-5-14/h4-7,16H,3,8-13H2,1-2H3. The Bertz CT molecular complexity index is 358. The molecule has 19 heavy (non-hydrogen) atoms. The fourth-order valence-corrected chi connectivity index (χ4v) is 2.50. The zero-order chi connectivity index (χ0) is 13.5. The molecular weight excluding hydrogens is 238 g/mol. The van der Waals surface area contributed by atoms with Crippen LogP contribution in [0.5, 0.6) is 5.75 Å². The first kappa shape index (κ1) is 14.2. The van der Waals surface area contributed by atoms with Gasteiger partial charge < -0.3 is 15.0 Å². The second-order valence-corrected chi connectivity index (χ2v) is 4.98. The van der Waals surface area contributed by atoms with E-state index in [4.69, 9.17) is 4.74 Å². The minimum atomic E-state index is 0.925. The number of benzene rings is 1. The molecule has 1 aromatic rings. The van der Waals surface area contributed by atoms with Crippen molar-refractivity contribution in [2.24, 2.45) is 0 Å². The topological polar surface area (TPSA) is 27.7 Å². The molecule has 0 spiro atoms. The van der Waals surface area contributed by atoms with Gasteiger partial charge in [0.05, 0.1) is 7.11 Å². The minimum absolute atomic E-state index is 0.925. The van der Waals surface area contributed by atoms with Crippen molar-refractivity contribution in [2.45, 2.75) is 6.42 Å². The summed E-state index contributed by atoms with van der Waals surface area (Å²) in [6.45, 7) is 6.87. The van der Waals surface area contributed by atoms with Crippen LogP contribution in [0.3, 0.4) is 0 Å². The molecular formula is C15H25N3O. The Morgan fingerprint density at radius 1 is 1.11 bits per heavy atom. The van der Waals surface area contributed by atoms with E-state index in [1.54, 1.807) is 7.11 Å². The molecule has 1 aromatic carbocycles. The average molecular weight is 263 g/mol. The number of hydrogen-bond acceptors (Lipinski definition) is 4. The van der Waals surface area contributed by atoms with Crippen LogP contribution in [0.4, 0.5) is 5.69 Å². The number of nitrogens with zero attached hydrogens (tertiary/aromatic N) is 2. The van der Waals surface area contributed by atoms with Crippen LogP contribution in [-0.2, 0) is 0 Å². The molecule has 0 aromatic heterocycles. The number of hydrogen-bond donors (Lipinski definition) is 1. The number of methoxy groups -OCH3 is 1. The van der Waals surface area contributed by atoms with Crippen molar-refractivity contribution >= 4 is 5.69 Å². The smallest absolute Gasteiger partial charge is 0.119 e. The van der Waals surface area contributed by atoms with Crippen molar-refractivity contribution in [2.75, 3.05) is 58.3 Å². The summed E-state index contributed by atoms with van der Waals surface area (Å²) in [4.78, 5) is 5.01. The van der Waals surface area contributed by atoms with Gasteiger partial charge in [-0.15, -0.1) is 0 Å². The highest BCUT2D eigenvalue weighted by atomic mass is 16.5. The summed E-state index contributed by atoms with van der Waals surface area (Å²) in [5, 5.41) is 3.20. The summed E-state index contributed by atoms with van der Waals surface area (Å²) >= 11 is 0. The van der Waals surface area contributed by atoms with Gasteiger partial charge in [-0.25, -0.2) is 0 Å². The molecule has 1 aliphatic rings.